The van der Waals surface area contributed by atoms with Crippen molar-refractivity contribution in [3.8, 4) is 0 Å². The van der Waals surface area contributed by atoms with E-state index in [1.54, 1.807) is 25.1 Å². The Morgan fingerprint density at radius 1 is 0.875 bits per heavy atom. The molecule has 0 bridgehead atoms. The molecule has 0 saturated heterocycles. The van der Waals surface area contributed by atoms with Gasteiger partial charge in [0, 0.05) is 6.42 Å². The van der Waals surface area contributed by atoms with E-state index in [0.717, 1.165) is 0 Å². The van der Waals surface area contributed by atoms with Gasteiger partial charge < -0.3 is 14.5 Å². The molecule has 1 atom stereocenters. The van der Waals surface area contributed by atoms with Gasteiger partial charge in [-0.2, -0.15) is 0 Å². The minimum atomic E-state index is -0.899. The van der Waals surface area contributed by atoms with Crippen molar-refractivity contribution in [3.63, 3.8) is 0 Å². The van der Waals surface area contributed by atoms with Crippen molar-refractivity contribution in [1.82, 2.24) is 5.32 Å². The highest BCUT2D eigenvalue weighted by Crippen LogP contribution is 2.28. The summed E-state index contributed by atoms with van der Waals surface area (Å²) >= 11 is 0. The lowest BCUT2D eigenvalue weighted by Crippen LogP contribution is -2.34. The summed E-state index contributed by atoms with van der Waals surface area (Å²) in [5.41, 5.74) is 8.26. The van der Waals surface area contributed by atoms with E-state index in [4.69, 9.17) is 9.15 Å². The van der Waals surface area contributed by atoms with Gasteiger partial charge in [-0.3, -0.25) is 4.79 Å². The van der Waals surface area contributed by atoms with Crippen LogP contribution < -0.4 is 5.32 Å². The summed E-state index contributed by atoms with van der Waals surface area (Å²) in [5, 5.41) is 2.75. The standard InChI is InChI=1S/C27H31NO4/c1-7-31-27(30)25(21-11-9-8-10-12-21)28-26(29)24-14-13-22(32-24)15-23-19(5)17(3)16(2)18(4)20(23)6/h8-14,25H,7,15H2,1-6H3,(H,28,29). The number of ether oxygens (including phenoxy) is 1. The van der Waals surface area contributed by atoms with Crippen LogP contribution in [-0.4, -0.2) is 18.5 Å². The van der Waals surface area contributed by atoms with Crippen molar-refractivity contribution in [2.75, 3.05) is 6.61 Å². The first-order chi connectivity index (χ1) is 15.2. The van der Waals surface area contributed by atoms with E-state index in [1.165, 1.54) is 33.4 Å². The van der Waals surface area contributed by atoms with Gasteiger partial charge in [0.05, 0.1) is 6.61 Å². The Balaban J connectivity index is 1.82. The zero-order valence-corrected chi connectivity index (χ0v) is 19.7. The molecule has 1 amide bonds. The smallest absolute Gasteiger partial charge is 0.333 e. The zero-order chi connectivity index (χ0) is 23.4. The van der Waals surface area contributed by atoms with Crippen molar-refractivity contribution in [1.29, 1.82) is 0 Å². The molecule has 0 aliphatic carbocycles. The van der Waals surface area contributed by atoms with Crippen LogP contribution >= 0.6 is 0 Å². The minimum Gasteiger partial charge on any atom is -0.464 e. The van der Waals surface area contributed by atoms with E-state index in [1.807, 2.05) is 24.3 Å². The number of rotatable bonds is 7. The van der Waals surface area contributed by atoms with E-state index in [-0.39, 0.29) is 12.4 Å². The van der Waals surface area contributed by atoms with Gasteiger partial charge in [-0.1, -0.05) is 30.3 Å². The molecule has 1 heterocycles. The van der Waals surface area contributed by atoms with Gasteiger partial charge in [0.2, 0.25) is 0 Å². The van der Waals surface area contributed by atoms with Crippen LogP contribution in [0.4, 0.5) is 0 Å². The summed E-state index contributed by atoms with van der Waals surface area (Å²) in [4.78, 5) is 25.3. The highest BCUT2D eigenvalue weighted by molar-refractivity contribution is 5.95. The SMILES string of the molecule is CCOC(=O)C(NC(=O)c1ccc(Cc2c(C)c(C)c(C)c(C)c2C)o1)c1ccccc1. The Kier molecular flexibility index (Phi) is 7.18. The maximum Gasteiger partial charge on any atom is 0.333 e. The number of nitrogens with one attached hydrogen (secondary N) is 1. The molecule has 32 heavy (non-hydrogen) atoms. The first-order valence-electron chi connectivity index (χ1n) is 10.9. The minimum absolute atomic E-state index is 0.168. The predicted octanol–water partition coefficient (Wildman–Crippen LogP) is 5.45. The second-order valence-corrected chi connectivity index (χ2v) is 8.12. The summed E-state index contributed by atoms with van der Waals surface area (Å²) in [6.07, 6.45) is 0.604. The van der Waals surface area contributed by atoms with Crippen molar-refractivity contribution < 1.29 is 18.7 Å². The number of carbonyl (C=O) groups is 2. The highest BCUT2D eigenvalue weighted by Gasteiger charge is 2.26. The Hall–Kier alpha value is -3.34. The van der Waals surface area contributed by atoms with Gasteiger partial charge in [-0.25, -0.2) is 4.79 Å². The quantitative estimate of drug-likeness (QED) is 0.503. The van der Waals surface area contributed by atoms with E-state index >= 15 is 0 Å². The molecule has 2 aromatic carbocycles. The van der Waals surface area contributed by atoms with E-state index in [0.29, 0.717) is 17.7 Å². The molecule has 0 fully saturated rings. The molecule has 168 valence electrons. The van der Waals surface area contributed by atoms with Crippen molar-refractivity contribution in [2.45, 2.75) is 54.0 Å². The van der Waals surface area contributed by atoms with E-state index in [9.17, 15) is 9.59 Å². The van der Waals surface area contributed by atoms with Crippen LogP contribution in [0.5, 0.6) is 0 Å². The Labute approximate surface area is 189 Å². The molecule has 1 N–H and O–H groups in total. The monoisotopic (exact) mass is 433 g/mol. The molecule has 0 aliphatic rings. The molecule has 0 aliphatic heterocycles. The van der Waals surface area contributed by atoms with Crippen molar-refractivity contribution >= 4 is 11.9 Å². The zero-order valence-electron chi connectivity index (χ0n) is 19.7. The molecule has 3 rings (SSSR count). The number of hydrogen-bond donors (Lipinski definition) is 1. The van der Waals surface area contributed by atoms with Crippen LogP contribution in [0.15, 0.2) is 46.9 Å². The van der Waals surface area contributed by atoms with E-state index in [2.05, 4.69) is 39.9 Å². The topological polar surface area (TPSA) is 68.5 Å². The van der Waals surface area contributed by atoms with Crippen molar-refractivity contribution in [2.24, 2.45) is 0 Å². The summed E-state index contributed by atoms with van der Waals surface area (Å²) in [6, 6.07) is 11.6. The lowest BCUT2D eigenvalue weighted by molar-refractivity contribution is -0.145. The normalized spacial score (nSPS) is 11.8. The summed E-state index contributed by atoms with van der Waals surface area (Å²) in [6.45, 7) is 12.7. The fraction of sp³-hybridized carbons (Fsp3) is 0.333. The predicted molar refractivity (Wildman–Crippen MR) is 125 cm³/mol. The Bertz CT molecular complexity index is 1100. The second-order valence-electron chi connectivity index (χ2n) is 8.12. The molecular formula is C27H31NO4. The molecule has 0 radical (unpaired) electrons. The summed E-state index contributed by atoms with van der Waals surface area (Å²) in [7, 11) is 0. The van der Waals surface area contributed by atoms with Crippen LogP contribution in [0.3, 0.4) is 0 Å². The van der Waals surface area contributed by atoms with Gasteiger partial charge in [0.1, 0.15) is 5.76 Å². The van der Waals surface area contributed by atoms with Gasteiger partial charge >= 0.3 is 5.97 Å². The molecular weight excluding hydrogens is 402 g/mol. The average Bonchev–Trinajstić information content (AvgIpc) is 3.27. The number of hydrogen-bond acceptors (Lipinski definition) is 4. The number of benzene rings is 2. The fourth-order valence-electron chi connectivity index (χ4n) is 3.96. The van der Waals surface area contributed by atoms with Gasteiger partial charge in [-0.15, -0.1) is 0 Å². The summed E-state index contributed by atoms with van der Waals surface area (Å²) in [5.74, 6) is -0.0870. The third-order valence-electron chi connectivity index (χ3n) is 6.32. The molecule has 5 heteroatoms. The van der Waals surface area contributed by atoms with Gasteiger partial charge in [0.15, 0.2) is 11.8 Å². The Morgan fingerprint density at radius 2 is 1.47 bits per heavy atom. The molecule has 0 saturated carbocycles. The van der Waals surface area contributed by atoms with Gasteiger partial charge in [0.25, 0.3) is 5.91 Å². The van der Waals surface area contributed by atoms with E-state index < -0.39 is 17.9 Å². The molecule has 1 unspecified atom stereocenters. The van der Waals surface area contributed by atoms with Crippen molar-refractivity contribution in [3.05, 3.63) is 92.9 Å². The number of carbonyl (C=O) groups excluding carboxylic acids is 2. The maximum absolute atomic E-state index is 12.9. The lowest BCUT2D eigenvalue weighted by atomic mass is 9.88. The molecule has 3 aromatic rings. The number of amides is 1. The Morgan fingerprint density at radius 3 is 2.06 bits per heavy atom. The fourth-order valence-corrected chi connectivity index (χ4v) is 3.96. The largest absolute Gasteiger partial charge is 0.464 e. The second kappa shape index (κ2) is 9.86. The average molecular weight is 434 g/mol. The first kappa shape index (κ1) is 23.3. The number of esters is 1. The number of furan rings is 1. The van der Waals surface area contributed by atoms with Crippen LogP contribution in [0.1, 0.15) is 68.2 Å². The maximum atomic E-state index is 12.9. The third kappa shape index (κ3) is 4.77. The lowest BCUT2D eigenvalue weighted by Gasteiger charge is -2.18. The first-order valence-corrected chi connectivity index (χ1v) is 10.9. The summed E-state index contributed by atoms with van der Waals surface area (Å²) < 4.78 is 11.0. The van der Waals surface area contributed by atoms with Crippen LogP contribution in [-0.2, 0) is 16.0 Å². The highest BCUT2D eigenvalue weighted by atomic mass is 16.5. The van der Waals surface area contributed by atoms with Gasteiger partial charge in [-0.05, 0) is 92.6 Å². The molecule has 1 aromatic heterocycles. The van der Waals surface area contributed by atoms with Crippen LogP contribution in [0, 0.1) is 34.6 Å². The third-order valence-corrected chi connectivity index (χ3v) is 6.32. The molecule has 5 nitrogen and oxygen atoms in total. The molecule has 0 spiro atoms. The van der Waals surface area contributed by atoms with Crippen LogP contribution in [0.25, 0.3) is 0 Å². The van der Waals surface area contributed by atoms with Crippen LogP contribution in [0.2, 0.25) is 0 Å².